The van der Waals surface area contributed by atoms with Gasteiger partial charge in [-0.2, -0.15) is 0 Å². The number of aromatic nitrogens is 3. The van der Waals surface area contributed by atoms with Crippen LogP contribution >= 0.6 is 0 Å². The normalized spacial score (nSPS) is 13.4. The highest BCUT2D eigenvalue weighted by Gasteiger charge is 2.24. The molecule has 0 saturated heterocycles. The van der Waals surface area contributed by atoms with Crippen LogP contribution in [0.25, 0.3) is 0 Å². The van der Waals surface area contributed by atoms with Crippen LogP contribution in [-0.4, -0.2) is 56.2 Å². The molecule has 25 heavy (non-hydrogen) atoms. The van der Waals surface area contributed by atoms with Gasteiger partial charge in [0.1, 0.15) is 6.54 Å². The third-order valence-electron chi connectivity index (χ3n) is 4.59. The molecule has 1 aromatic carbocycles. The minimum Gasteiger partial charge on any atom is -0.342 e. The van der Waals surface area contributed by atoms with Crippen LogP contribution in [0.3, 0.4) is 0 Å². The molecule has 7 heteroatoms. The maximum Gasteiger partial charge on any atom is 0.276 e. The number of nitrogens with zero attached hydrogens (tertiary/aromatic N) is 5. The smallest absolute Gasteiger partial charge is 0.276 e. The van der Waals surface area contributed by atoms with E-state index in [2.05, 4.69) is 16.4 Å². The Balaban J connectivity index is 1.66. The second-order valence-electron chi connectivity index (χ2n) is 6.11. The molecule has 2 amide bonds. The van der Waals surface area contributed by atoms with Crippen molar-refractivity contribution in [2.45, 2.75) is 33.4 Å². The summed E-state index contributed by atoms with van der Waals surface area (Å²) in [6, 6.07) is 8.16. The van der Waals surface area contributed by atoms with Crippen molar-refractivity contribution in [3.8, 4) is 0 Å². The summed E-state index contributed by atoms with van der Waals surface area (Å²) in [5.41, 5.74) is 2.75. The van der Waals surface area contributed by atoms with Gasteiger partial charge in [-0.3, -0.25) is 9.59 Å². The second-order valence-corrected chi connectivity index (χ2v) is 6.11. The van der Waals surface area contributed by atoms with E-state index in [1.807, 2.05) is 32.0 Å². The first-order valence-electron chi connectivity index (χ1n) is 8.66. The van der Waals surface area contributed by atoms with Gasteiger partial charge in [0.05, 0.1) is 6.20 Å². The maximum atomic E-state index is 12.7. The number of hydrogen-bond donors (Lipinski definition) is 0. The van der Waals surface area contributed by atoms with E-state index in [1.54, 1.807) is 16.0 Å². The molecule has 1 aromatic heterocycles. The molecule has 1 aliphatic rings. The Labute approximate surface area is 147 Å². The van der Waals surface area contributed by atoms with Gasteiger partial charge in [0.15, 0.2) is 5.69 Å². The van der Waals surface area contributed by atoms with E-state index in [-0.39, 0.29) is 24.1 Å². The Hall–Kier alpha value is -2.70. The van der Waals surface area contributed by atoms with E-state index >= 15 is 0 Å². The van der Waals surface area contributed by atoms with Crippen molar-refractivity contribution in [1.29, 1.82) is 0 Å². The second kappa shape index (κ2) is 7.46. The van der Waals surface area contributed by atoms with Gasteiger partial charge in [0.2, 0.25) is 5.91 Å². The summed E-state index contributed by atoms with van der Waals surface area (Å²) in [5, 5.41) is 7.90. The van der Waals surface area contributed by atoms with Crippen molar-refractivity contribution < 1.29 is 9.59 Å². The van der Waals surface area contributed by atoms with Crippen LogP contribution in [0, 0.1) is 0 Å². The summed E-state index contributed by atoms with van der Waals surface area (Å²) in [6.45, 7) is 6.54. The van der Waals surface area contributed by atoms with Gasteiger partial charge in [0, 0.05) is 26.2 Å². The summed E-state index contributed by atoms with van der Waals surface area (Å²) >= 11 is 0. The zero-order valence-electron chi connectivity index (χ0n) is 14.7. The van der Waals surface area contributed by atoms with Gasteiger partial charge >= 0.3 is 0 Å². The number of rotatable bonds is 5. The Kier molecular flexibility index (Phi) is 5.11. The van der Waals surface area contributed by atoms with E-state index in [9.17, 15) is 9.59 Å². The van der Waals surface area contributed by atoms with Crippen molar-refractivity contribution in [3.63, 3.8) is 0 Å². The third kappa shape index (κ3) is 3.70. The molecule has 0 saturated carbocycles. The Morgan fingerprint density at radius 2 is 1.88 bits per heavy atom. The first-order valence-corrected chi connectivity index (χ1v) is 8.66. The van der Waals surface area contributed by atoms with Crippen molar-refractivity contribution in [1.82, 2.24) is 24.8 Å². The van der Waals surface area contributed by atoms with Gasteiger partial charge < -0.3 is 9.80 Å². The highest BCUT2D eigenvalue weighted by molar-refractivity contribution is 5.92. The largest absolute Gasteiger partial charge is 0.342 e. The average molecular weight is 341 g/mol. The lowest BCUT2D eigenvalue weighted by Gasteiger charge is -2.28. The molecule has 0 unspecified atom stereocenters. The number of carbonyl (C=O) groups is 2. The predicted octanol–water partition coefficient (Wildman–Crippen LogP) is 1.34. The Bertz CT molecular complexity index is 766. The molecular weight excluding hydrogens is 318 g/mol. The summed E-state index contributed by atoms with van der Waals surface area (Å²) < 4.78 is 1.44. The van der Waals surface area contributed by atoms with Gasteiger partial charge in [-0.1, -0.05) is 29.5 Å². The number of likely N-dealkylation sites (N-methyl/N-ethyl adjacent to an activating group) is 1. The van der Waals surface area contributed by atoms with Crippen LogP contribution in [-0.2, 0) is 24.3 Å². The molecule has 132 valence electrons. The van der Waals surface area contributed by atoms with Crippen LogP contribution in [0.15, 0.2) is 30.5 Å². The van der Waals surface area contributed by atoms with Crippen molar-refractivity contribution >= 4 is 11.8 Å². The minimum absolute atomic E-state index is 0.0270. The summed E-state index contributed by atoms with van der Waals surface area (Å²) in [6.07, 6.45) is 2.40. The fourth-order valence-corrected chi connectivity index (χ4v) is 3.12. The van der Waals surface area contributed by atoms with Crippen molar-refractivity contribution in [3.05, 3.63) is 47.3 Å². The Morgan fingerprint density at radius 1 is 1.16 bits per heavy atom. The lowest BCUT2D eigenvalue weighted by molar-refractivity contribution is -0.131. The molecule has 0 N–H and O–H groups in total. The number of benzene rings is 1. The lowest BCUT2D eigenvalue weighted by Crippen LogP contribution is -2.36. The van der Waals surface area contributed by atoms with Crippen LogP contribution in [0.1, 0.15) is 35.5 Å². The maximum absolute atomic E-state index is 12.7. The number of fused-ring (bicyclic) bond motifs is 1. The lowest BCUT2D eigenvalue weighted by atomic mass is 10.00. The zero-order chi connectivity index (χ0) is 17.8. The molecule has 0 radical (unpaired) electrons. The summed E-state index contributed by atoms with van der Waals surface area (Å²) in [5.74, 6) is -0.170. The van der Waals surface area contributed by atoms with Gasteiger partial charge in [-0.25, -0.2) is 4.68 Å². The van der Waals surface area contributed by atoms with E-state index in [4.69, 9.17) is 0 Å². The van der Waals surface area contributed by atoms with Crippen LogP contribution < -0.4 is 0 Å². The summed E-state index contributed by atoms with van der Waals surface area (Å²) in [7, 11) is 0. The first kappa shape index (κ1) is 17.1. The highest BCUT2D eigenvalue weighted by Crippen LogP contribution is 2.19. The van der Waals surface area contributed by atoms with E-state index < -0.39 is 0 Å². The standard InChI is InChI=1S/C18H23N5O2/c1-3-21(4-2)17(24)13-23-12-16(19-20-23)18(25)22-10-9-14-7-5-6-8-15(14)11-22/h5-8,12H,3-4,9-11,13H2,1-2H3. The third-order valence-corrected chi connectivity index (χ3v) is 4.59. The average Bonchev–Trinajstić information content (AvgIpc) is 3.10. The first-order chi connectivity index (χ1) is 12.1. The zero-order valence-corrected chi connectivity index (χ0v) is 14.7. The van der Waals surface area contributed by atoms with Crippen LogP contribution in [0.5, 0.6) is 0 Å². The highest BCUT2D eigenvalue weighted by atomic mass is 16.2. The molecule has 1 aliphatic heterocycles. The number of amides is 2. The molecule has 0 spiro atoms. The minimum atomic E-state index is -0.143. The van der Waals surface area contributed by atoms with Crippen molar-refractivity contribution in [2.24, 2.45) is 0 Å². The molecule has 0 fully saturated rings. The van der Waals surface area contributed by atoms with Gasteiger partial charge in [-0.05, 0) is 31.4 Å². The molecular formula is C18H23N5O2. The molecule has 3 rings (SSSR count). The molecule has 0 aliphatic carbocycles. The molecule has 7 nitrogen and oxygen atoms in total. The molecule has 2 aromatic rings. The summed E-state index contributed by atoms with van der Waals surface area (Å²) in [4.78, 5) is 28.3. The van der Waals surface area contributed by atoms with Crippen molar-refractivity contribution in [2.75, 3.05) is 19.6 Å². The number of carbonyl (C=O) groups excluding carboxylic acids is 2. The van der Waals surface area contributed by atoms with Crippen LogP contribution in [0.4, 0.5) is 0 Å². The van der Waals surface area contributed by atoms with Gasteiger partial charge in [0.25, 0.3) is 5.91 Å². The number of hydrogen-bond acceptors (Lipinski definition) is 4. The monoisotopic (exact) mass is 341 g/mol. The molecule has 2 heterocycles. The SMILES string of the molecule is CCN(CC)C(=O)Cn1cc(C(=O)N2CCc3ccccc3C2)nn1. The van der Waals surface area contributed by atoms with Crippen LogP contribution in [0.2, 0.25) is 0 Å². The fraction of sp³-hybridized carbons (Fsp3) is 0.444. The Morgan fingerprint density at radius 3 is 2.60 bits per heavy atom. The quantitative estimate of drug-likeness (QED) is 0.823. The fourth-order valence-electron chi connectivity index (χ4n) is 3.12. The van der Waals surface area contributed by atoms with E-state index in [0.717, 1.165) is 6.42 Å². The van der Waals surface area contributed by atoms with Gasteiger partial charge in [-0.15, -0.1) is 5.10 Å². The van der Waals surface area contributed by atoms with E-state index in [1.165, 1.54) is 15.8 Å². The predicted molar refractivity (Wildman–Crippen MR) is 92.8 cm³/mol. The molecule has 0 atom stereocenters. The van der Waals surface area contributed by atoms with E-state index in [0.29, 0.717) is 26.2 Å². The molecule has 0 bridgehead atoms. The topological polar surface area (TPSA) is 71.3 Å².